The Morgan fingerprint density at radius 2 is 2.14 bits per heavy atom. The Bertz CT molecular complexity index is 929. The highest BCUT2D eigenvalue weighted by Gasteiger charge is 2.50. The molecule has 0 unspecified atom stereocenters. The highest BCUT2D eigenvalue weighted by molar-refractivity contribution is 8.03. The van der Waals surface area contributed by atoms with Gasteiger partial charge in [0.15, 0.2) is 0 Å². The smallest absolute Gasteiger partial charge is 0.233 e. The SMILES string of the molecule is CCSC1=C(C#N)[C@@H](c2cccs2)[C@H](C(=O)Nc2ccccc2C)[C@@](C)(O)N1. The van der Waals surface area contributed by atoms with Crippen LogP contribution in [0.15, 0.2) is 52.4 Å². The van der Waals surface area contributed by atoms with E-state index in [1.165, 1.54) is 23.1 Å². The number of benzene rings is 1. The number of hydrogen-bond acceptors (Lipinski definition) is 6. The van der Waals surface area contributed by atoms with E-state index in [0.717, 1.165) is 16.2 Å². The predicted molar refractivity (Wildman–Crippen MR) is 115 cm³/mol. The number of amides is 1. The molecule has 1 aliphatic heterocycles. The maximum absolute atomic E-state index is 13.3. The highest BCUT2D eigenvalue weighted by atomic mass is 32.2. The molecule has 2 heterocycles. The van der Waals surface area contributed by atoms with Gasteiger partial charge in [0.05, 0.1) is 22.6 Å². The van der Waals surface area contributed by atoms with Crippen molar-refractivity contribution in [2.75, 3.05) is 11.1 Å². The van der Waals surface area contributed by atoms with Crippen molar-refractivity contribution in [1.29, 1.82) is 5.26 Å². The Hall–Kier alpha value is -2.27. The molecule has 1 amide bonds. The molecule has 28 heavy (non-hydrogen) atoms. The third-order valence-corrected chi connectivity index (χ3v) is 6.66. The zero-order valence-electron chi connectivity index (χ0n) is 16.0. The first-order valence-corrected chi connectivity index (χ1v) is 10.9. The van der Waals surface area contributed by atoms with E-state index in [0.29, 0.717) is 16.3 Å². The van der Waals surface area contributed by atoms with E-state index in [1.54, 1.807) is 6.92 Å². The van der Waals surface area contributed by atoms with Gasteiger partial charge in [0.2, 0.25) is 5.91 Å². The maximum Gasteiger partial charge on any atom is 0.233 e. The first kappa shape index (κ1) is 20.5. The average molecular weight is 414 g/mol. The lowest BCUT2D eigenvalue weighted by molar-refractivity contribution is -0.131. The molecule has 1 aromatic heterocycles. The van der Waals surface area contributed by atoms with Crippen molar-refractivity contribution in [1.82, 2.24) is 5.32 Å². The van der Waals surface area contributed by atoms with Crippen LogP contribution >= 0.6 is 23.1 Å². The van der Waals surface area contributed by atoms with Gasteiger partial charge in [0.25, 0.3) is 0 Å². The Morgan fingerprint density at radius 3 is 2.75 bits per heavy atom. The molecule has 0 spiro atoms. The fourth-order valence-electron chi connectivity index (χ4n) is 3.49. The number of aliphatic hydroxyl groups is 1. The standard InChI is InChI=1S/C21H23N3O2S2/c1-4-27-20-14(12-22)17(16-10-7-11-28-16)18(21(3,26)24-20)19(25)23-15-9-6-5-8-13(15)2/h5-11,17-18,24,26H,4H2,1-3H3,(H,23,25)/t17-,18+,21+/m0/s1. The number of allylic oxidation sites excluding steroid dienone is 1. The molecule has 3 rings (SSSR count). The zero-order chi connectivity index (χ0) is 20.3. The van der Waals surface area contributed by atoms with Crippen LogP contribution in [0.25, 0.3) is 0 Å². The number of nitriles is 1. The maximum atomic E-state index is 13.3. The molecular weight excluding hydrogens is 390 g/mol. The van der Waals surface area contributed by atoms with Crippen LogP contribution in [0.4, 0.5) is 5.69 Å². The van der Waals surface area contributed by atoms with Crippen molar-refractivity contribution in [3.05, 3.63) is 62.8 Å². The monoisotopic (exact) mass is 413 g/mol. The van der Waals surface area contributed by atoms with E-state index in [9.17, 15) is 15.2 Å². The second kappa shape index (κ2) is 8.39. The summed E-state index contributed by atoms with van der Waals surface area (Å²) in [4.78, 5) is 14.2. The second-order valence-corrected chi connectivity index (χ2v) is 9.09. The quantitative estimate of drug-likeness (QED) is 0.684. The summed E-state index contributed by atoms with van der Waals surface area (Å²) in [7, 11) is 0. The molecule has 1 aromatic carbocycles. The molecule has 1 aliphatic rings. The van der Waals surface area contributed by atoms with Crippen molar-refractivity contribution >= 4 is 34.7 Å². The van der Waals surface area contributed by atoms with Gasteiger partial charge in [-0.05, 0) is 42.7 Å². The zero-order valence-corrected chi connectivity index (χ0v) is 17.7. The van der Waals surface area contributed by atoms with Gasteiger partial charge in [0.1, 0.15) is 5.72 Å². The molecule has 3 atom stereocenters. The third kappa shape index (κ3) is 3.95. The van der Waals surface area contributed by atoms with Crippen LogP contribution in [0.3, 0.4) is 0 Å². The van der Waals surface area contributed by atoms with E-state index in [4.69, 9.17) is 0 Å². The minimum atomic E-state index is -1.50. The minimum Gasteiger partial charge on any atom is -0.370 e. The van der Waals surface area contributed by atoms with Crippen molar-refractivity contribution in [2.24, 2.45) is 5.92 Å². The number of thioether (sulfide) groups is 1. The molecule has 0 saturated carbocycles. The number of anilines is 1. The number of rotatable bonds is 5. The van der Waals surface area contributed by atoms with Crippen molar-refractivity contribution in [2.45, 2.75) is 32.4 Å². The van der Waals surface area contributed by atoms with Crippen LogP contribution in [0.5, 0.6) is 0 Å². The molecule has 3 N–H and O–H groups in total. The van der Waals surface area contributed by atoms with Crippen LogP contribution in [0.1, 0.15) is 30.2 Å². The lowest BCUT2D eigenvalue weighted by Gasteiger charge is -2.43. The highest BCUT2D eigenvalue weighted by Crippen LogP contribution is 2.46. The molecule has 146 valence electrons. The summed E-state index contributed by atoms with van der Waals surface area (Å²) >= 11 is 2.95. The number of hydrogen-bond donors (Lipinski definition) is 3. The van der Waals surface area contributed by atoms with Gasteiger partial charge in [-0.25, -0.2) is 0 Å². The summed E-state index contributed by atoms with van der Waals surface area (Å²) < 4.78 is 0. The topological polar surface area (TPSA) is 85.2 Å². The van der Waals surface area contributed by atoms with E-state index in [1.807, 2.05) is 55.6 Å². The fraction of sp³-hybridized carbons (Fsp3) is 0.333. The summed E-state index contributed by atoms with van der Waals surface area (Å²) in [5.74, 6) is -0.944. The molecule has 0 saturated heterocycles. The number of thiophene rings is 1. The van der Waals surface area contributed by atoms with Crippen LogP contribution in [0.2, 0.25) is 0 Å². The van der Waals surface area contributed by atoms with E-state index in [2.05, 4.69) is 16.7 Å². The normalized spacial score (nSPS) is 24.4. The Balaban J connectivity index is 2.07. The van der Waals surface area contributed by atoms with Crippen LogP contribution in [-0.4, -0.2) is 22.5 Å². The molecule has 0 radical (unpaired) electrons. The van der Waals surface area contributed by atoms with Crippen LogP contribution < -0.4 is 10.6 Å². The number of nitrogens with one attached hydrogen (secondary N) is 2. The first-order chi connectivity index (χ1) is 13.4. The Labute approximate surface area is 173 Å². The molecule has 0 bridgehead atoms. The van der Waals surface area contributed by atoms with Crippen molar-refractivity contribution < 1.29 is 9.90 Å². The summed E-state index contributed by atoms with van der Waals surface area (Å²) in [6.07, 6.45) is 0. The van der Waals surface area contributed by atoms with E-state index in [-0.39, 0.29) is 5.91 Å². The lowest BCUT2D eigenvalue weighted by atomic mass is 9.76. The number of nitrogens with zero attached hydrogens (tertiary/aromatic N) is 1. The minimum absolute atomic E-state index is 0.321. The largest absolute Gasteiger partial charge is 0.370 e. The van der Waals surface area contributed by atoms with Crippen LogP contribution in [0, 0.1) is 24.2 Å². The molecule has 5 nitrogen and oxygen atoms in total. The summed E-state index contributed by atoms with van der Waals surface area (Å²) in [6, 6.07) is 13.6. The Kier molecular flexibility index (Phi) is 6.14. The Morgan fingerprint density at radius 1 is 1.39 bits per heavy atom. The van der Waals surface area contributed by atoms with Gasteiger partial charge in [-0.2, -0.15) is 5.26 Å². The molecule has 0 aliphatic carbocycles. The van der Waals surface area contributed by atoms with E-state index < -0.39 is 17.6 Å². The number of aryl methyl sites for hydroxylation is 1. The molecule has 7 heteroatoms. The number of para-hydroxylation sites is 1. The number of carbonyl (C=O) groups excluding carboxylic acids is 1. The fourth-order valence-corrected chi connectivity index (χ4v) is 5.26. The van der Waals surface area contributed by atoms with Crippen LogP contribution in [-0.2, 0) is 4.79 Å². The van der Waals surface area contributed by atoms with Gasteiger partial charge < -0.3 is 15.7 Å². The van der Waals surface area contributed by atoms with Gasteiger partial charge in [0, 0.05) is 16.5 Å². The first-order valence-electron chi connectivity index (χ1n) is 9.06. The average Bonchev–Trinajstić information content (AvgIpc) is 3.17. The molecule has 2 aromatic rings. The predicted octanol–water partition coefficient (Wildman–Crippen LogP) is 4.20. The second-order valence-electron chi connectivity index (χ2n) is 6.84. The number of carbonyl (C=O) groups is 1. The van der Waals surface area contributed by atoms with Gasteiger partial charge in [-0.15, -0.1) is 23.1 Å². The van der Waals surface area contributed by atoms with Gasteiger partial charge in [-0.1, -0.05) is 31.2 Å². The summed E-state index contributed by atoms with van der Waals surface area (Å²) in [5.41, 5.74) is 0.625. The summed E-state index contributed by atoms with van der Waals surface area (Å²) in [5, 5.41) is 29.6. The lowest BCUT2D eigenvalue weighted by Crippen LogP contribution is -2.57. The van der Waals surface area contributed by atoms with Gasteiger partial charge >= 0.3 is 0 Å². The van der Waals surface area contributed by atoms with Crippen molar-refractivity contribution in [3.8, 4) is 6.07 Å². The van der Waals surface area contributed by atoms with Crippen molar-refractivity contribution in [3.63, 3.8) is 0 Å². The van der Waals surface area contributed by atoms with E-state index >= 15 is 0 Å². The third-order valence-electron chi connectivity index (χ3n) is 4.81. The molecular formula is C21H23N3O2S2. The van der Waals surface area contributed by atoms with Gasteiger partial charge in [-0.3, -0.25) is 4.79 Å². The molecule has 0 fully saturated rings. The summed E-state index contributed by atoms with van der Waals surface area (Å²) in [6.45, 7) is 5.50.